The quantitative estimate of drug-likeness (QED) is 0.297. The maximum atomic E-state index is 12.5. The van der Waals surface area contributed by atoms with E-state index in [0.717, 1.165) is 24.2 Å². The number of hydrogen-bond acceptors (Lipinski definition) is 5. The molecule has 0 spiro atoms. The van der Waals surface area contributed by atoms with Crippen molar-refractivity contribution < 1.29 is 19.1 Å². The Morgan fingerprint density at radius 3 is 2.41 bits per heavy atom. The van der Waals surface area contributed by atoms with Crippen LogP contribution in [0.3, 0.4) is 0 Å². The first-order valence-electron chi connectivity index (χ1n) is 10.9. The number of carbonyl (C=O) groups excluding carboxylic acids is 2. The van der Waals surface area contributed by atoms with Gasteiger partial charge in [-0.15, -0.1) is 24.0 Å². The smallest absolute Gasteiger partial charge is 0.251 e. The number of piperazine rings is 1. The molecule has 0 aliphatic carbocycles. The third-order valence-electron chi connectivity index (χ3n) is 5.45. The van der Waals surface area contributed by atoms with Gasteiger partial charge in [-0.05, 0) is 37.5 Å². The summed E-state index contributed by atoms with van der Waals surface area (Å²) in [6.07, 6.45) is 1.49. The van der Waals surface area contributed by atoms with Crippen molar-refractivity contribution in [2.75, 3.05) is 53.0 Å². The first-order chi connectivity index (χ1) is 15.1. The Labute approximate surface area is 206 Å². The average molecular weight is 559 g/mol. The van der Waals surface area contributed by atoms with Crippen LogP contribution in [0.5, 0.6) is 5.75 Å². The lowest BCUT2D eigenvalue weighted by molar-refractivity contribution is -0.142. The molecule has 2 heterocycles. The summed E-state index contributed by atoms with van der Waals surface area (Å²) in [4.78, 5) is 33.2. The lowest BCUT2D eigenvalue weighted by Gasteiger charge is -2.37. The van der Waals surface area contributed by atoms with Gasteiger partial charge in [-0.3, -0.25) is 9.59 Å². The minimum absolute atomic E-state index is 0. The first-order valence-corrected chi connectivity index (χ1v) is 10.9. The Balaban J connectivity index is 0.00000363. The van der Waals surface area contributed by atoms with Crippen molar-refractivity contribution in [3.05, 3.63) is 29.8 Å². The Bertz CT molecular complexity index is 760. The maximum Gasteiger partial charge on any atom is 0.251 e. The van der Waals surface area contributed by atoms with Gasteiger partial charge in [0.15, 0.2) is 5.96 Å². The second-order valence-electron chi connectivity index (χ2n) is 7.61. The van der Waals surface area contributed by atoms with Crippen molar-refractivity contribution in [3.63, 3.8) is 0 Å². The van der Waals surface area contributed by atoms with Crippen molar-refractivity contribution in [1.29, 1.82) is 0 Å². The molecular weight excluding hydrogens is 525 g/mol. The van der Waals surface area contributed by atoms with Crippen LogP contribution in [0.4, 0.5) is 0 Å². The van der Waals surface area contributed by atoms with Crippen molar-refractivity contribution in [1.82, 2.24) is 20.4 Å². The van der Waals surface area contributed by atoms with Crippen molar-refractivity contribution in [3.8, 4) is 5.75 Å². The van der Waals surface area contributed by atoms with Gasteiger partial charge in [0, 0.05) is 45.9 Å². The number of methoxy groups -OCH3 is 1. The van der Waals surface area contributed by atoms with E-state index in [1.54, 1.807) is 7.11 Å². The Morgan fingerprint density at radius 1 is 1.12 bits per heavy atom. The van der Waals surface area contributed by atoms with E-state index in [9.17, 15) is 9.59 Å². The van der Waals surface area contributed by atoms with Gasteiger partial charge >= 0.3 is 0 Å². The van der Waals surface area contributed by atoms with Crippen molar-refractivity contribution in [2.45, 2.75) is 32.4 Å². The SMILES string of the molecule is CCNC(=NCC(=O)NCc1ccc(OC)cc1)N1CCN(C(=O)C2CCCO2)CC1.I. The van der Waals surface area contributed by atoms with Crippen LogP contribution >= 0.6 is 24.0 Å². The number of rotatable bonds is 7. The molecule has 0 radical (unpaired) electrons. The highest BCUT2D eigenvalue weighted by atomic mass is 127. The number of guanidine groups is 1. The number of hydrogen-bond donors (Lipinski definition) is 2. The number of nitrogens with zero attached hydrogens (tertiary/aromatic N) is 3. The predicted octanol–water partition coefficient (Wildman–Crippen LogP) is 1.22. The van der Waals surface area contributed by atoms with Crippen LogP contribution in [0.2, 0.25) is 0 Å². The molecule has 2 aliphatic heterocycles. The van der Waals surface area contributed by atoms with Crippen molar-refractivity contribution >= 4 is 41.8 Å². The average Bonchev–Trinajstić information content (AvgIpc) is 3.35. The summed E-state index contributed by atoms with van der Waals surface area (Å²) < 4.78 is 10.7. The van der Waals surface area contributed by atoms with Gasteiger partial charge in [0.05, 0.1) is 7.11 Å². The predicted molar refractivity (Wildman–Crippen MR) is 133 cm³/mol. The van der Waals surface area contributed by atoms with Gasteiger partial charge in [-0.25, -0.2) is 4.99 Å². The number of ether oxygens (including phenoxy) is 2. The molecule has 1 atom stereocenters. The van der Waals surface area contributed by atoms with E-state index in [2.05, 4.69) is 20.5 Å². The molecule has 32 heavy (non-hydrogen) atoms. The van der Waals surface area contributed by atoms with Crippen molar-refractivity contribution in [2.24, 2.45) is 4.99 Å². The lowest BCUT2D eigenvalue weighted by atomic mass is 10.2. The lowest BCUT2D eigenvalue weighted by Crippen LogP contribution is -2.55. The highest BCUT2D eigenvalue weighted by Crippen LogP contribution is 2.16. The number of halogens is 1. The van der Waals surface area contributed by atoms with E-state index in [1.807, 2.05) is 36.1 Å². The molecular formula is C22H34IN5O4. The van der Waals surface area contributed by atoms with Crippen LogP contribution in [0, 0.1) is 0 Å². The Morgan fingerprint density at radius 2 is 1.81 bits per heavy atom. The number of benzene rings is 1. The van der Waals surface area contributed by atoms with Crippen LogP contribution in [-0.2, 0) is 20.9 Å². The summed E-state index contributed by atoms with van der Waals surface area (Å²) in [5.74, 6) is 1.44. The zero-order valence-corrected chi connectivity index (χ0v) is 21.2. The summed E-state index contributed by atoms with van der Waals surface area (Å²) in [5.41, 5.74) is 0.997. The summed E-state index contributed by atoms with van der Waals surface area (Å²) in [5, 5.41) is 6.14. The Kier molecular flexibility index (Phi) is 11.0. The Hall–Kier alpha value is -2.08. The topological polar surface area (TPSA) is 95.5 Å². The molecule has 3 rings (SSSR count). The molecule has 1 aromatic carbocycles. The van der Waals surface area contributed by atoms with Crippen LogP contribution in [0.1, 0.15) is 25.3 Å². The summed E-state index contributed by atoms with van der Waals surface area (Å²) in [7, 11) is 1.62. The van der Waals surface area contributed by atoms with Crippen LogP contribution in [0.25, 0.3) is 0 Å². The van der Waals surface area contributed by atoms with Gasteiger partial charge in [0.1, 0.15) is 18.4 Å². The van der Waals surface area contributed by atoms with Crippen LogP contribution in [-0.4, -0.2) is 86.7 Å². The molecule has 2 amide bonds. The molecule has 10 heteroatoms. The summed E-state index contributed by atoms with van der Waals surface area (Å²) in [6.45, 7) is 6.49. The van der Waals surface area contributed by atoms with Gasteiger partial charge in [0.25, 0.3) is 5.91 Å². The molecule has 2 aliphatic rings. The fourth-order valence-electron chi connectivity index (χ4n) is 3.69. The zero-order valence-electron chi connectivity index (χ0n) is 18.8. The summed E-state index contributed by atoms with van der Waals surface area (Å²) >= 11 is 0. The molecule has 2 saturated heterocycles. The second-order valence-corrected chi connectivity index (χ2v) is 7.61. The number of carbonyl (C=O) groups is 2. The summed E-state index contributed by atoms with van der Waals surface area (Å²) in [6, 6.07) is 7.58. The van der Waals surface area contributed by atoms with Gasteiger partial charge in [-0.2, -0.15) is 0 Å². The minimum Gasteiger partial charge on any atom is -0.497 e. The van der Waals surface area contributed by atoms with E-state index in [4.69, 9.17) is 9.47 Å². The molecule has 2 N–H and O–H groups in total. The maximum absolute atomic E-state index is 12.5. The number of amides is 2. The number of aliphatic imine (C=N–C) groups is 1. The highest BCUT2D eigenvalue weighted by molar-refractivity contribution is 14.0. The molecule has 0 saturated carbocycles. The fraction of sp³-hybridized carbons (Fsp3) is 0.591. The highest BCUT2D eigenvalue weighted by Gasteiger charge is 2.30. The molecule has 2 fully saturated rings. The largest absolute Gasteiger partial charge is 0.497 e. The van der Waals surface area contributed by atoms with E-state index < -0.39 is 0 Å². The molecule has 0 bridgehead atoms. The van der Waals surface area contributed by atoms with Gasteiger partial charge in [-0.1, -0.05) is 12.1 Å². The molecule has 178 valence electrons. The molecule has 1 aromatic rings. The van der Waals surface area contributed by atoms with Crippen LogP contribution < -0.4 is 15.4 Å². The van der Waals surface area contributed by atoms with Gasteiger partial charge in [0.2, 0.25) is 5.91 Å². The van der Waals surface area contributed by atoms with E-state index in [0.29, 0.717) is 51.8 Å². The van der Waals surface area contributed by atoms with E-state index in [1.165, 1.54) is 0 Å². The second kappa shape index (κ2) is 13.5. The third kappa shape index (κ3) is 7.51. The van der Waals surface area contributed by atoms with E-state index >= 15 is 0 Å². The monoisotopic (exact) mass is 559 g/mol. The molecule has 0 aromatic heterocycles. The molecule has 9 nitrogen and oxygen atoms in total. The normalized spacial score (nSPS) is 18.7. The minimum atomic E-state index is -0.275. The van der Waals surface area contributed by atoms with E-state index in [-0.39, 0.29) is 48.4 Å². The third-order valence-corrected chi connectivity index (χ3v) is 5.45. The first kappa shape index (κ1) is 26.2. The zero-order chi connectivity index (χ0) is 22.1. The molecule has 1 unspecified atom stereocenters. The number of nitrogens with one attached hydrogen (secondary N) is 2. The fourth-order valence-corrected chi connectivity index (χ4v) is 3.69. The van der Waals surface area contributed by atoms with Crippen LogP contribution in [0.15, 0.2) is 29.3 Å². The van der Waals surface area contributed by atoms with Gasteiger partial charge < -0.3 is 29.9 Å². The standard InChI is InChI=1S/C22H33N5O4.HI/c1-3-23-22(25-16-20(28)24-15-17-6-8-18(30-2)9-7-17)27-12-10-26(11-13-27)21(29)19-5-4-14-31-19;/h6-9,19H,3-5,10-16H2,1-2H3,(H,23,25)(H,24,28);1H.